The van der Waals surface area contributed by atoms with E-state index in [2.05, 4.69) is 60.7 Å². The molecule has 3 heteroatoms. The minimum Gasteiger partial charge on any atom is -0.496 e. The number of hydrogen-bond donors (Lipinski definition) is 0. The lowest BCUT2D eigenvalue weighted by Crippen LogP contribution is -2.49. The summed E-state index contributed by atoms with van der Waals surface area (Å²) < 4.78 is 5.89. The van der Waals surface area contributed by atoms with E-state index in [0.717, 1.165) is 51.5 Å². The van der Waals surface area contributed by atoms with Crippen molar-refractivity contribution in [2.45, 2.75) is 43.9 Å². The summed E-state index contributed by atoms with van der Waals surface area (Å²) in [6, 6.07) is 21.3. The normalized spacial score (nSPS) is 28.5. The number of rotatable bonds is 3. The monoisotopic (exact) mass is 420 g/mol. The average Bonchev–Trinajstić information content (AvgIpc) is 2.82. The minimum absolute atomic E-state index is 0.158. The van der Waals surface area contributed by atoms with Gasteiger partial charge < -0.3 is 4.74 Å². The first kappa shape index (κ1) is 18.6. The lowest BCUT2D eigenvalue weighted by molar-refractivity contribution is -0.00918. The predicted octanol–water partition coefficient (Wildman–Crippen LogP) is 6.93. The molecule has 0 spiro atoms. The van der Waals surface area contributed by atoms with Gasteiger partial charge >= 0.3 is 0 Å². The number of para-hydroxylation sites is 1. The van der Waals surface area contributed by atoms with Crippen LogP contribution in [0.5, 0.6) is 5.75 Å². The molecular weight excluding hydrogens is 392 g/mol. The van der Waals surface area contributed by atoms with Crippen LogP contribution in [0.2, 0.25) is 0 Å². The zero-order valence-corrected chi connectivity index (χ0v) is 18.6. The number of hydrogen-bond acceptors (Lipinski definition) is 3. The van der Waals surface area contributed by atoms with Crippen LogP contribution in [0.3, 0.4) is 0 Å². The van der Waals surface area contributed by atoms with E-state index in [1.807, 2.05) is 0 Å². The van der Waals surface area contributed by atoms with Gasteiger partial charge in [-0.15, -0.1) is 0 Å². The van der Waals surface area contributed by atoms with Crippen LogP contribution >= 0.6 is 0 Å². The number of ether oxygens (including phenoxy) is 1. The van der Waals surface area contributed by atoms with E-state index < -0.39 is 0 Å². The van der Waals surface area contributed by atoms with Gasteiger partial charge in [-0.3, -0.25) is 0 Å². The maximum atomic E-state index is 5.89. The second-order valence-corrected chi connectivity index (χ2v) is 10.5. The van der Waals surface area contributed by atoms with Crippen LogP contribution in [-0.4, -0.2) is 17.1 Å². The van der Waals surface area contributed by atoms with Crippen LogP contribution in [0.1, 0.15) is 44.3 Å². The third-order valence-electron chi connectivity index (χ3n) is 8.46. The topological polar surface area (TPSA) is 35.0 Å². The number of methoxy groups -OCH3 is 1. The molecule has 0 saturated heterocycles. The Hall–Kier alpha value is -2.94. The molecule has 0 unspecified atom stereocenters. The number of nitrogens with zero attached hydrogens (tertiary/aromatic N) is 2. The molecule has 160 valence electrons. The fraction of sp³-hybridized carbons (Fsp3) is 0.379. The molecular formula is C29H28N2O. The first-order chi connectivity index (χ1) is 15.7. The maximum absolute atomic E-state index is 5.89. The molecule has 4 bridgehead atoms. The summed E-state index contributed by atoms with van der Waals surface area (Å²) in [5.74, 6) is 4.56. The predicted molar refractivity (Wildman–Crippen MR) is 129 cm³/mol. The van der Waals surface area contributed by atoms with Gasteiger partial charge in [0.25, 0.3) is 0 Å². The second-order valence-electron chi connectivity index (χ2n) is 10.5. The highest BCUT2D eigenvalue weighted by atomic mass is 16.5. The summed E-state index contributed by atoms with van der Waals surface area (Å²) in [6.07, 6.45) is 8.08. The number of aromatic nitrogens is 2. The average molecular weight is 421 g/mol. The highest BCUT2D eigenvalue weighted by Gasteiger charge is 2.53. The van der Waals surface area contributed by atoms with Crippen LogP contribution in [0, 0.1) is 17.8 Å². The third-order valence-corrected chi connectivity index (χ3v) is 8.46. The molecule has 0 radical (unpaired) electrons. The van der Waals surface area contributed by atoms with Gasteiger partial charge in [-0.05, 0) is 79.2 Å². The molecule has 3 nitrogen and oxygen atoms in total. The summed E-state index contributed by atoms with van der Waals surface area (Å²) in [4.78, 5) is 10.7. The SMILES string of the molecule is COc1ccc2ccccc2c1-c1nc(C23CC4CC(CC(C4)C2)C3)nc2ccccc12. The smallest absolute Gasteiger partial charge is 0.135 e. The molecule has 0 atom stereocenters. The molecule has 4 aromatic rings. The molecule has 4 saturated carbocycles. The Kier molecular flexibility index (Phi) is 3.94. The van der Waals surface area contributed by atoms with Crippen molar-refractivity contribution in [2.24, 2.45) is 17.8 Å². The Morgan fingerprint density at radius 1 is 0.750 bits per heavy atom. The quantitative estimate of drug-likeness (QED) is 0.360. The van der Waals surface area contributed by atoms with Gasteiger partial charge in [0.15, 0.2) is 0 Å². The Balaban J connectivity index is 1.52. The van der Waals surface area contributed by atoms with E-state index in [4.69, 9.17) is 14.7 Å². The summed E-state index contributed by atoms with van der Waals surface area (Å²) in [5, 5.41) is 3.50. The summed E-state index contributed by atoms with van der Waals surface area (Å²) in [6.45, 7) is 0. The molecule has 3 aromatic carbocycles. The molecule has 0 amide bonds. The van der Waals surface area contributed by atoms with Crippen molar-refractivity contribution in [1.29, 1.82) is 0 Å². The fourth-order valence-electron chi connectivity index (χ4n) is 7.55. The van der Waals surface area contributed by atoms with E-state index in [1.165, 1.54) is 49.3 Å². The van der Waals surface area contributed by atoms with Crippen molar-refractivity contribution in [3.05, 3.63) is 66.5 Å². The van der Waals surface area contributed by atoms with E-state index in [9.17, 15) is 0 Å². The van der Waals surface area contributed by atoms with Crippen LogP contribution < -0.4 is 4.74 Å². The Labute approximate surface area is 188 Å². The van der Waals surface area contributed by atoms with Crippen LogP contribution in [0.4, 0.5) is 0 Å². The van der Waals surface area contributed by atoms with E-state index in [-0.39, 0.29) is 5.41 Å². The first-order valence-corrected chi connectivity index (χ1v) is 12.1. The second kappa shape index (κ2) is 6.78. The van der Waals surface area contributed by atoms with Crippen molar-refractivity contribution < 1.29 is 4.74 Å². The molecule has 8 rings (SSSR count). The van der Waals surface area contributed by atoms with Gasteiger partial charge in [-0.2, -0.15) is 0 Å². The highest BCUT2D eigenvalue weighted by molar-refractivity contribution is 6.05. The first-order valence-electron chi connectivity index (χ1n) is 12.1. The van der Waals surface area contributed by atoms with Crippen molar-refractivity contribution in [3.8, 4) is 17.0 Å². The Morgan fingerprint density at radius 2 is 1.41 bits per heavy atom. The molecule has 0 N–H and O–H groups in total. The minimum atomic E-state index is 0.158. The molecule has 0 aliphatic heterocycles. The molecule has 1 heterocycles. The van der Waals surface area contributed by atoms with E-state index >= 15 is 0 Å². The maximum Gasteiger partial charge on any atom is 0.135 e. The Bertz CT molecular complexity index is 1320. The summed E-state index contributed by atoms with van der Waals surface area (Å²) in [7, 11) is 1.76. The van der Waals surface area contributed by atoms with Gasteiger partial charge in [0, 0.05) is 10.8 Å². The molecule has 4 aliphatic carbocycles. The van der Waals surface area contributed by atoms with E-state index in [1.54, 1.807) is 7.11 Å². The summed E-state index contributed by atoms with van der Waals surface area (Å²) in [5.41, 5.74) is 3.33. The third kappa shape index (κ3) is 2.66. The molecule has 32 heavy (non-hydrogen) atoms. The van der Waals surface area contributed by atoms with Crippen LogP contribution in [0.15, 0.2) is 60.7 Å². The number of benzene rings is 3. The fourth-order valence-corrected chi connectivity index (χ4v) is 7.55. The van der Waals surface area contributed by atoms with Gasteiger partial charge in [-0.1, -0.05) is 48.5 Å². The zero-order chi connectivity index (χ0) is 21.3. The highest BCUT2D eigenvalue weighted by Crippen LogP contribution is 2.60. The standard InChI is InChI=1S/C29H28N2O/c1-32-25-11-10-21-6-2-3-7-22(21)26(25)27-23-8-4-5-9-24(23)30-28(31-27)29-15-18-12-19(16-29)14-20(13-18)17-29/h2-11,18-20H,12-17H2,1H3. The lowest BCUT2D eigenvalue weighted by atomic mass is 9.49. The van der Waals surface area contributed by atoms with Crippen molar-refractivity contribution >= 4 is 21.7 Å². The van der Waals surface area contributed by atoms with Crippen molar-refractivity contribution in [1.82, 2.24) is 9.97 Å². The zero-order valence-electron chi connectivity index (χ0n) is 18.6. The van der Waals surface area contributed by atoms with Gasteiger partial charge in [0.2, 0.25) is 0 Å². The molecule has 4 fully saturated rings. The van der Waals surface area contributed by atoms with Crippen LogP contribution in [0.25, 0.3) is 32.9 Å². The van der Waals surface area contributed by atoms with Crippen LogP contribution in [-0.2, 0) is 5.41 Å². The van der Waals surface area contributed by atoms with Crippen molar-refractivity contribution in [3.63, 3.8) is 0 Å². The van der Waals surface area contributed by atoms with Gasteiger partial charge in [0.05, 0.1) is 23.9 Å². The molecule has 4 aliphatic rings. The number of fused-ring (bicyclic) bond motifs is 2. The van der Waals surface area contributed by atoms with Gasteiger partial charge in [0.1, 0.15) is 11.6 Å². The summed E-state index contributed by atoms with van der Waals surface area (Å²) >= 11 is 0. The Morgan fingerprint density at radius 3 is 2.12 bits per heavy atom. The van der Waals surface area contributed by atoms with Crippen molar-refractivity contribution in [2.75, 3.05) is 7.11 Å². The van der Waals surface area contributed by atoms with E-state index in [0.29, 0.717) is 0 Å². The van der Waals surface area contributed by atoms with Gasteiger partial charge in [-0.25, -0.2) is 9.97 Å². The largest absolute Gasteiger partial charge is 0.496 e. The molecule has 1 aromatic heterocycles. The lowest BCUT2D eigenvalue weighted by Gasteiger charge is -2.56.